The zero-order valence-electron chi connectivity index (χ0n) is 12.1. The quantitative estimate of drug-likeness (QED) is 0.916. The molecule has 2 N–H and O–H groups in total. The van der Waals surface area contributed by atoms with Gasteiger partial charge in [-0.2, -0.15) is 0 Å². The van der Waals surface area contributed by atoms with E-state index in [9.17, 15) is 8.78 Å². The van der Waals surface area contributed by atoms with Crippen LogP contribution in [-0.2, 0) is 0 Å². The number of nitrogens with two attached hydrogens (primary N) is 1. The molecule has 0 amide bonds. The molecule has 0 aromatic heterocycles. The van der Waals surface area contributed by atoms with Gasteiger partial charge in [0, 0.05) is 18.7 Å². The van der Waals surface area contributed by atoms with Gasteiger partial charge in [0.25, 0.3) is 0 Å². The van der Waals surface area contributed by atoms with E-state index in [1.807, 2.05) is 0 Å². The van der Waals surface area contributed by atoms with Gasteiger partial charge in [-0.1, -0.05) is 13.3 Å². The van der Waals surface area contributed by atoms with E-state index in [1.54, 1.807) is 0 Å². The molecule has 0 radical (unpaired) electrons. The fraction of sp³-hybridized carbons (Fsp3) is 0.625. The van der Waals surface area contributed by atoms with Crippen LogP contribution in [0.1, 0.15) is 44.2 Å². The van der Waals surface area contributed by atoms with E-state index in [-0.39, 0.29) is 6.04 Å². The minimum absolute atomic E-state index is 0.0872. The summed E-state index contributed by atoms with van der Waals surface area (Å²) in [7, 11) is 0. The summed E-state index contributed by atoms with van der Waals surface area (Å²) in [4.78, 5) is 2.28. The Labute approximate surface area is 120 Å². The third-order valence-corrected chi connectivity index (χ3v) is 4.39. The van der Waals surface area contributed by atoms with Crippen LogP contribution in [0.3, 0.4) is 0 Å². The lowest BCUT2D eigenvalue weighted by atomic mass is 9.98. The molecule has 2 unspecified atom stereocenters. The van der Waals surface area contributed by atoms with Gasteiger partial charge in [-0.25, -0.2) is 8.78 Å². The number of halogens is 2. The molecule has 1 aromatic rings. The minimum atomic E-state index is -0.528. The summed E-state index contributed by atoms with van der Waals surface area (Å²) in [5.41, 5.74) is 6.52. The Bertz CT molecular complexity index is 416. The SMILES string of the molecule is CCC1CCCN(C(CN)c2cc(F)cc(F)c2)CC1. The second kappa shape index (κ2) is 7.14. The molecule has 0 saturated carbocycles. The first-order valence-electron chi connectivity index (χ1n) is 7.54. The lowest BCUT2D eigenvalue weighted by Gasteiger charge is -2.30. The molecule has 20 heavy (non-hydrogen) atoms. The molecule has 1 fully saturated rings. The molecular weight excluding hydrogens is 258 g/mol. The predicted octanol–water partition coefficient (Wildman–Crippen LogP) is 3.48. The average molecular weight is 282 g/mol. The van der Waals surface area contributed by atoms with Crippen LogP contribution in [0.2, 0.25) is 0 Å². The van der Waals surface area contributed by atoms with Crippen LogP contribution in [0.15, 0.2) is 18.2 Å². The van der Waals surface area contributed by atoms with Crippen LogP contribution < -0.4 is 5.73 Å². The molecule has 1 aliphatic rings. The smallest absolute Gasteiger partial charge is 0.126 e. The molecule has 1 aliphatic heterocycles. The zero-order valence-corrected chi connectivity index (χ0v) is 12.1. The molecule has 0 aliphatic carbocycles. The number of hydrogen-bond acceptors (Lipinski definition) is 2. The van der Waals surface area contributed by atoms with Crippen molar-refractivity contribution in [3.63, 3.8) is 0 Å². The van der Waals surface area contributed by atoms with Crippen molar-refractivity contribution >= 4 is 0 Å². The first-order valence-corrected chi connectivity index (χ1v) is 7.54. The maximum atomic E-state index is 13.4. The molecule has 0 bridgehead atoms. The Balaban J connectivity index is 2.14. The predicted molar refractivity (Wildman–Crippen MR) is 77.4 cm³/mol. The van der Waals surface area contributed by atoms with Crippen LogP contribution in [-0.4, -0.2) is 24.5 Å². The zero-order chi connectivity index (χ0) is 14.5. The highest BCUT2D eigenvalue weighted by molar-refractivity contribution is 5.22. The van der Waals surface area contributed by atoms with Gasteiger partial charge in [-0.3, -0.25) is 4.90 Å². The molecule has 0 spiro atoms. The number of hydrogen-bond donors (Lipinski definition) is 1. The van der Waals surface area contributed by atoms with Crippen molar-refractivity contribution in [1.82, 2.24) is 4.90 Å². The summed E-state index contributed by atoms with van der Waals surface area (Å²) in [5.74, 6) is -0.290. The van der Waals surface area contributed by atoms with Crippen molar-refractivity contribution in [2.24, 2.45) is 11.7 Å². The maximum Gasteiger partial charge on any atom is 0.126 e. The highest BCUT2D eigenvalue weighted by Crippen LogP contribution is 2.27. The van der Waals surface area contributed by atoms with Gasteiger partial charge in [0.05, 0.1) is 0 Å². The van der Waals surface area contributed by atoms with Crippen molar-refractivity contribution < 1.29 is 8.78 Å². The lowest BCUT2D eigenvalue weighted by Crippen LogP contribution is -2.34. The third-order valence-electron chi connectivity index (χ3n) is 4.39. The highest BCUT2D eigenvalue weighted by Gasteiger charge is 2.23. The van der Waals surface area contributed by atoms with E-state index in [1.165, 1.54) is 25.0 Å². The van der Waals surface area contributed by atoms with Gasteiger partial charge in [0.15, 0.2) is 0 Å². The van der Waals surface area contributed by atoms with Crippen molar-refractivity contribution in [1.29, 1.82) is 0 Å². The maximum absolute atomic E-state index is 13.4. The van der Waals surface area contributed by atoms with Gasteiger partial charge in [-0.15, -0.1) is 0 Å². The van der Waals surface area contributed by atoms with Crippen molar-refractivity contribution in [2.75, 3.05) is 19.6 Å². The number of rotatable bonds is 4. The summed E-state index contributed by atoms with van der Waals surface area (Å²) < 4.78 is 26.8. The number of likely N-dealkylation sites (tertiary alicyclic amines) is 1. The van der Waals surface area contributed by atoms with Gasteiger partial charge < -0.3 is 5.73 Å². The Hall–Kier alpha value is -1.00. The molecule has 1 heterocycles. The minimum Gasteiger partial charge on any atom is -0.329 e. The van der Waals surface area contributed by atoms with Crippen LogP contribution in [0.5, 0.6) is 0 Å². The number of nitrogens with zero attached hydrogens (tertiary/aromatic N) is 1. The van der Waals surface area contributed by atoms with Gasteiger partial charge in [0.2, 0.25) is 0 Å². The van der Waals surface area contributed by atoms with Gasteiger partial charge in [-0.05, 0) is 56.0 Å². The van der Waals surface area contributed by atoms with Gasteiger partial charge >= 0.3 is 0 Å². The van der Waals surface area contributed by atoms with E-state index in [0.29, 0.717) is 12.1 Å². The highest BCUT2D eigenvalue weighted by atomic mass is 19.1. The largest absolute Gasteiger partial charge is 0.329 e. The second-order valence-electron chi connectivity index (χ2n) is 5.70. The summed E-state index contributed by atoms with van der Waals surface area (Å²) in [6.07, 6.45) is 4.72. The topological polar surface area (TPSA) is 29.3 Å². The third kappa shape index (κ3) is 3.76. The van der Waals surface area contributed by atoms with Crippen molar-refractivity contribution in [3.05, 3.63) is 35.4 Å². The summed E-state index contributed by atoms with van der Waals surface area (Å²) in [5, 5.41) is 0. The average Bonchev–Trinajstić information content (AvgIpc) is 2.64. The summed E-state index contributed by atoms with van der Waals surface area (Å²) >= 11 is 0. The van der Waals surface area contributed by atoms with Gasteiger partial charge in [0.1, 0.15) is 11.6 Å². The number of benzene rings is 1. The molecule has 2 nitrogen and oxygen atoms in total. The van der Waals surface area contributed by atoms with Crippen LogP contribution >= 0.6 is 0 Å². The van der Waals surface area contributed by atoms with Crippen LogP contribution in [0, 0.1) is 17.6 Å². The molecule has 112 valence electrons. The monoisotopic (exact) mass is 282 g/mol. The van der Waals surface area contributed by atoms with Crippen LogP contribution in [0.4, 0.5) is 8.78 Å². The first-order chi connectivity index (χ1) is 9.63. The lowest BCUT2D eigenvalue weighted by molar-refractivity contribution is 0.206. The second-order valence-corrected chi connectivity index (χ2v) is 5.70. The Morgan fingerprint density at radius 2 is 1.90 bits per heavy atom. The van der Waals surface area contributed by atoms with E-state index in [2.05, 4.69) is 11.8 Å². The summed E-state index contributed by atoms with van der Waals surface area (Å²) in [6, 6.07) is 3.63. The molecular formula is C16H24F2N2. The molecule has 2 atom stereocenters. The van der Waals surface area contributed by atoms with Crippen molar-refractivity contribution in [2.45, 2.75) is 38.6 Å². The fourth-order valence-corrected chi connectivity index (χ4v) is 3.17. The molecule has 4 heteroatoms. The Morgan fingerprint density at radius 3 is 2.50 bits per heavy atom. The fourth-order valence-electron chi connectivity index (χ4n) is 3.17. The van der Waals surface area contributed by atoms with E-state index in [0.717, 1.165) is 37.9 Å². The Kier molecular flexibility index (Phi) is 5.49. The Morgan fingerprint density at radius 1 is 1.20 bits per heavy atom. The molecule has 1 aromatic carbocycles. The summed E-state index contributed by atoms with van der Waals surface area (Å²) in [6.45, 7) is 4.53. The standard InChI is InChI=1S/C16H24F2N2/c1-2-12-4-3-6-20(7-5-12)16(11-19)13-8-14(17)10-15(18)9-13/h8-10,12,16H,2-7,11,19H2,1H3. The van der Waals surface area contributed by atoms with E-state index >= 15 is 0 Å². The first kappa shape index (κ1) is 15.4. The van der Waals surface area contributed by atoms with E-state index < -0.39 is 11.6 Å². The normalized spacial score (nSPS) is 22.5. The van der Waals surface area contributed by atoms with E-state index in [4.69, 9.17) is 5.73 Å². The van der Waals surface area contributed by atoms with Crippen molar-refractivity contribution in [3.8, 4) is 0 Å². The molecule has 1 saturated heterocycles. The molecule has 2 rings (SSSR count). The van der Waals surface area contributed by atoms with Crippen LogP contribution in [0.25, 0.3) is 0 Å².